The minimum Gasteiger partial charge on any atom is -0.465 e. The Morgan fingerprint density at radius 2 is 1.73 bits per heavy atom. The summed E-state index contributed by atoms with van der Waals surface area (Å²) in [5.41, 5.74) is 5.18. The molecule has 0 spiro atoms. The van der Waals surface area contributed by atoms with Gasteiger partial charge in [-0.1, -0.05) is 0 Å². The van der Waals surface area contributed by atoms with Crippen molar-refractivity contribution in [3.05, 3.63) is 0 Å². The van der Waals surface area contributed by atoms with Gasteiger partial charge in [0, 0.05) is 13.5 Å². The molecule has 0 unspecified atom stereocenters. The van der Waals surface area contributed by atoms with Crippen LogP contribution in [0.1, 0.15) is 26.2 Å². The molecule has 0 bridgehead atoms. The summed E-state index contributed by atoms with van der Waals surface area (Å²) in [4.78, 5) is 44.2. The van der Waals surface area contributed by atoms with E-state index in [1.807, 2.05) is 0 Å². The minimum atomic E-state index is -1.16. The fourth-order valence-electron chi connectivity index (χ4n) is 1.67. The lowest BCUT2D eigenvalue weighted by Gasteiger charge is -2.20. The highest BCUT2D eigenvalue weighted by Crippen LogP contribution is 2.01. The van der Waals surface area contributed by atoms with Crippen molar-refractivity contribution in [1.29, 1.82) is 0 Å². The molecule has 10 heteroatoms. The van der Waals surface area contributed by atoms with Gasteiger partial charge in [0.05, 0.1) is 6.61 Å². The van der Waals surface area contributed by atoms with Gasteiger partial charge >= 0.3 is 6.09 Å². The molecule has 0 aromatic rings. The number of hydrogen-bond acceptors (Lipinski definition) is 5. The molecule has 10 nitrogen and oxygen atoms in total. The maximum Gasteiger partial charge on any atom is 0.404 e. The van der Waals surface area contributed by atoms with Crippen molar-refractivity contribution in [1.82, 2.24) is 16.0 Å². The fourth-order valence-corrected chi connectivity index (χ4v) is 1.67. The van der Waals surface area contributed by atoms with E-state index < -0.39 is 42.5 Å². The number of nitrogens with one attached hydrogen (secondary N) is 3. The first kappa shape index (κ1) is 19.6. The van der Waals surface area contributed by atoms with E-state index in [1.165, 1.54) is 6.92 Å². The number of rotatable bonds is 10. The summed E-state index contributed by atoms with van der Waals surface area (Å²) in [6, 6.07) is -2.12. The maximum absolute atomic E-state index is 11.8. The summed E-state index contributed by atoms with van der Waals surface area (Å²) in [6.45, 7) is 0.802. The molecule has 0 aromatic carbocycles. The Hall–Kier alpha value is -2.36. The Bertz CT molecular complexity index is 414. The molecule has 0 aromatic heterocycles. The number of aliphatic hydroxyl groups is 1. The largest absolute Gasteiger partial charge is 0.465 e. The maximum atomic E-state index is 11.8. The number of hydrogen-bond donors (Lipinski definition) is 6. The Morgan fingerprint density at radius 3 is 2.18 bits per heavy atom. The van der Waals surface area contributed by atoms with Crippen molar-refractivity contribution in [2.45, 2.75) is 38.3 Å². The molecule has 0 aliphatic rings. The van der Waals surface area contributed by atoms with E-state index in [9.17, 15) is 19.2 Å². The van der Waals surface area contributed by atoms with Crippen molar-refractivity contribution < 1.29 is 29.4 Å². The molecule has 2 atom stereocenters. The van der Waals surface area contributed by atoms with Crippen LogP contribution in [0.2, 0.25) is 0 Å². The SMILES string of the molecule is CC(=O)N[C@@H](CO)C(=O)N[C@@H](CCCCNC(=O)O)C(N)=O. The van der Waals surface area contributed by atoms with Crippen LogP contribution in [0.3, 0.4) is 0 Å². The number of nitrogens with two attached hydrogens (primary N) is 1. The molecule has 0 radical (unpaired) electrons. The van der Waals surface area contributed by atoms with Crippen LogP contribution < -0.4 is 21.7 Å². The van der Waals surface area contributed by atoms with Crippen LogP contribution in [0.15, 0.2) is 0 Å². The zero-order valence-electron chi connectivity index (χ0n) is 12.3. The highest BCUT2D eigenvalue weighted by atomic mass is 16.4. The first-order valence-corrected chi connectivity index (χ1v) is 6.72. The van der Waals surface area contributed by atoms with Crippen molar-refractivity contribution in [2.75, 3.05) is 13.2 Å². The summed E-state index contributed by atoms with van der Waals surface area (Å²) in [6.07, 6.45) is 0.0144. The fraction of sp³-hybridized carbons (Fsp3) is 0.667. The highest BCUT2D eigenvalue weighted by molar-refractivity contribution is 5.91. The van der Waals surface area contributed by atoms with Gasteiger partial charge in [-0.15, -0.1) is 0 Å². The minimum absolute atomic E-state index is 0.222. The first-order chi connectivity index (χ1) is 10.3. The molecule has 0 heterocycles. The second-order valence-corrected chi connectivity index (χ2v) is 4.63. The number of aliphatic hydroxyl groups excluding tert-OH is 1. The Balaban J connectivity index is 4.32. The number of carbonyl (C=O) groups is 4. The molecule has 0 aliphatic heterocycles. The Labute approximate surface area is 127 Å². The molecule has 0 rings (SSSR count). The summed E-state index contributed by atoms with van der Waals surface area (Å²) in [5, 5.41) is 24.2. The molecule has 0 aliphatic carbocycles. The van der Waals surface area contributed by atoms with Crippen LogP contribution in [-0.4, -0.2) is 59.3 Å². The van der Waals surface area contributed by atoms with Crippen molar-refractivity contribution in [3.63, 3.8) is 0 Å². The molecule has 22 heavy (non-hydrogen) atoms. The predicted octanol–water partition coefficient (Wildman–Crippen LogP) is -2.11. The number of amides is 4. The zero-order chi connectivity index (χ0) is 17.1. The van der Waals surface area contributed by atoms with Gasteiger partial charge in [-0.05, 0) is 19.3 Å². The molecular weight excluding hydrogens is 296 g/mol. The lowest BCUT2D eigenvalue weighted by molar-refractivity contribution is -0.131. The summed E-state index contributed by atoms with van der Waals surface area (Å²) < 4.78 is 0. The van der Waals surface area contributed by atoms with E-state index in [1.54, 1.807) is 0 Å². The molecule has 7 N–H and O–H groups in total. The van der Waals surface area contributed by atoms with Gasteiger partial charge in [0.2, 0.25) is 17.7 Å². The molecular formula is C12H22N4O6. The van der Waals surface area contributed by atoms with Crippen LogP contribution in [-0.2, 0) is 14.4 Å². The van der Waals surface area contributed by atoms with Gasteiger partial charge in [0.25, 0.3) is 0 Å². The van der Waals surface area contributed by atoms with Gasteiger partial charge in [-0.25, -0.2) is 4.79 Å². The average molecular weight is 318 g/mol. The standard InChI is InChI=1S/C12H22N4O6/c1-7(18)15-9(6-17)11(20)16-8(10(13)19)4-2-3-5-14-12(21)22/h8-9,14,17H,2-6H2,1H3,(H2,13,19)(H,15,18)(H,16,20)(H,21,22)/t8-,9-/m0/s1. The van der Waals surface area contributed by atoms with E-state index in [-0.39, 0.29) is 13.0 Å². The first-order valence-electron chi connectivity index (χ1n) is 6.72. The van der Waals surface area contributed by atoms with Crippen LogP contribution in [0.4, 0.5) is 4.79 Å². The lowest BCUT2D eigenvalue weighted by atomic mass is 10.1. The van der Waals surface area contributed by atoms with E-state index in [2.05, 4.69) is 16.0 Å². The number of unbranched alkanes of at least 4 members (excludes halogenated alkanes) is 1. The van der Waals surface area contributed by atoms with Gasteiger partial charge < -0.3 is 31.9 Å². The summed E-state index contributed by atoms with van der Waals surface area (Å²) in [5.74, 6) is -1.96. The number of primary amides is 1. The second-order valence-electron chi connectivity index (χ2n) is 4.63. The van der Waals surface area contributed by atoms with E-state index in [4.69, 9.17) is 15.9 Å². The predicted molar refractivity (Wildman–Crippen MR) is 75.7 cm³/mol. The highest BCUT2D eigenvalue weighted by Gasteiger charge is 2.24. The zero-order valence-corrected chi connectivity index (χ0v) is 12.3. The van der Waals surface area contributed by atoms with Crippen LogP contribution in [0, 0.1) is 0 Å². The van der Waals surface area contributed by atoms with Crippen molar-refractivity contribution >= 4 is 23.8 Å². The van der Waals surface area contributed by atoms with Crippen LogP contribution in [0.25, 0.3) is 0 Å². The van der Waals surface area contributed by atoms with Gasteiger partial charge in [-0.2, -0.15) is 0 Å². The number of carboxylic acid groups (broad SMARTS) is 1. The van der Waals surface area contributed by atoms with Crippen molar-refractivity contribution in [3.8, 4) is 0 Å². The molecule has 4 amide bonds. The monoisotopic (exact) mass is 318 g/mol. The third kappa shape index (κ3) is 8.74. The van der Waals surface area contributed by atoms with Crippen LogP contribution >= 0.6 is 0 Å². The van der Waals surface area contributed by atoms with E-state index in [0.29, 0.717) is 12.8 Å². The van der Waals surface area contributed by atoms with Crippen LogP contribution in [0.5, 0.6) is 0 Å². The summed E-state index contributed by atoms with van der Waals surface area (Å²) >= 11 is 0. The Kier molecular flexibility index (Phi) is 9.27. The lowest BCUT2D eigenvalue weighted by Crippen LogP contribution is -2.53. The molecule has 126 valence electrons. The average Bonchev–Trinajstić information content (AvgIpc) is 2.41. The van der Waals surface area contributed by atoms with E-state index >= 15 is 0 Å². The van der Waals surface area contributed by atoms with Crippen molar-refractivity contribution in [2.24, 2.45) is 5.73 Å². The summed E-state index contributed by atoms with van der Waals surface area (Å²) in [7, 11) is 0. The van der Waals surface area contributed by atoms with Gasteiger partial charge in [0.1, 0.15) is 12.1 Å². The molecule has 0 saturated carbocycles. The number of carbonyl (C=O) groups excluding carboxylic acids is 3. The topological polar surface area (TPSA) is 171 Å². The van der Waals surface area contributed by atoms with E-state index in [0.717, 1.165) is 0 Å². The quantitative estimate of drug-likeness (QED) is 0.252. The molecule has 0 saturated heterocycles. The molecule has 0 fully saturated rings. The normalized spacial score (nSPS) is 12.8. The van der Waals surface area contributed by atoms with Gasteiger partial charge in [0.15, 0.2) is 0 Å². The van der Waals surface area contributed by atoms with Gasteiger partial charge in [-0.3, -0.25) is 14.4 Å². The third-order valence-corrected chi connectivity index (χ3v) is 2.73. The second kappa shape index (κ2) is 10.4. The Morgan fingerprint density at radius 1 is 1.09 bits per heavy atom. The third-order valence-electron chi connectivity index (χ3n) is 2.73. The smallest absolute Gasteiger partial charge is 0.404 e.